The number of rotatable bonds is 11. The first kappa shape index (κ1) is 27.8. The number of ketones is 2. The number of nitrogens with zero attached hydrogens (tertiary/aromatic N) is 1. The van der Waals surface area contributed by atoms with Crippen LogP contribution in [0.5, 0.6) is 0 Å². The number of fused-ring (bicyclic) bond motifs is 1. The van der Waals surface area contributed by atoms with Crippen LogP contribution < -0.4 is 0 Å². The Kier molecular flexibility index (Phi) is 7.88. The summed E-state index contributed by atoms with van der Waals surface area (Å²) in [7, 11) is 0. The van der Waals surface area contributed by atoms with Gasteiger partial charge in [-0.1, -0.05) is 36.4 Å². The molecule has 0 aliphatic heterocycles. The van der Waals surface area contributed by atoms with Crippen LogP contribution in [0.15, 0.2) is 85.1 Å². The molecule has 2 aliphatic rings. The van der Waals surface area contributed by atoms with Crippen LogP contribution in [0.1, 0.15) is 70.8 Å². The third-order valence-electron chi connectivity index (χ3n) is 8.14. The van der Waals surface area contributed by atoms with E-state index in [1.807, 2.05) is 36.4 Å². The van der Waals surface area contributed by atoms with Gasteiger partial charge in [0.25, 0.3) is 0 Å². The third-order valence-corrected chi connectivity index (χ3v) is 8.14. The first-order valence-corrected chi connectivity index (χ1v) is 14.4. The van der Waals surface area contributed by atoms with Crippen LogP contribution in [-0.4, -0.2) is 16.6 Å². The summed E-state index contributed by atoms with van der Waals surface area (Å²) in [6, 6.07) is 19.1. The minimum atomic E-state index is -0.687. The number of allylic oxidation sites excluding steroid dienone is 2. The van der Waals surface area contributed by atoms with Gasteiger partial charge in [0.05, 0.1) is 5.69 Å². The van der Waals surface area contributed by atoms with Crippen LogP contribution in [0, 0.1) is 23.4 Å². The average Bonchev–Trinajstić information content (AvgIpc) is 3.70. The number of pyridine rings is 1. The van der Waals surface area contributed by atoms with Crippen LogP contribution in [-0.2, 0) is 17.6 Å². The smallest absolute Gasteiger partial charge is 0.163 e. The number of hydrogen-bond donors (Lipinski definition) is 0. The molecule has 1 aromatic heterocycles. The molecule has 1 fully saturated rings. The number of aromatic nitrogens is 1. The van der Waals surface area contributed by atoms with E-state index in [9.17, 15) is 22.8 Å². The minimum Gasteiger partial charge on any atom is -0.299 e. The summed E-state index contributed by atoms with van der Waals surface area (Å²) in [6.07, 6.45) is 7.34. The fourth-order valence-electron chi connectivity index (χ4n) is 5.92. The molecule has 3 nitrogen and oxygen atoms in total. The van der Waals surface area contributed by atoms with Gasteiger partial charge in [-0.25, -0.2) is 13.2 Å². The Hall–Kier alpha value is -4.32. The molecule has 0 radical (unpaired) electrons. The SMILES string of the molecule is O=C(CC1=CCc2ccc(F)cc21)C[C@@H](Cc1cc(F)cc(F)c1)c1ncccc1-c1cccc(C(=O)CC2CC2)c1. The second-order valence-corrected chi connectivity index (χ2v) is 11.4. The number of halogens is 3. The lowest BCUT2D eigenvalue weighted by molar-refractivity contribution is -0.118. The van der Waals surface area contributed by atoms with Crippen LogP contribution in [0.25, 0.3) is 16.7 Å². The van der Waals surface area contributed by atoms with Gasteiger partial charge in [0.2, 0.25) is 0 Å². The minimum absolute atomic E-state index is 0.0738. The summed E-state index contributed by atoms with van der Waals surface area (Å²) >= 11 is 0. The first-order valence-electron chi connectivity index (χ1n) is 14.4. The third kappa shape index (κ3) is 6.43. The van der Waals surface area contributed by atoms with Gasteiger partial charge < -0.3 is 0 Å². The maximum Gasteiger partial charge on any atom is 0.163 e. The van der Waals surface area contributed by atoms with Crippen LogP contribution in [0.2, 0.25) is 0 Å². The molecule has 1 saturated carbocycles. The van der Waals surface area contributed by atoms with Crippen molar-refractivity contribution >= 4 is 17.1 Å². The summed E-state index contributed by atoms with van der Waals surface area (Å²) in [5, 5.41) is 0. The van der Waals surface area contributed by atoms with Gasteiger partial charge in [0, 0.05) is 48.6 Å². The van der Waals surface area contributed by atoms with Gasteiger partial charge in [0.1, 0.15) is 23.2 Å². The van der Waals surface area contributed by atoms with Crippen molar-refractivity contribution in [2.45, 2.75) is 50.9 Å². The van der Waals surface area contributed by atoms with E-state index in [1.54, 1.807) is 18.3 Å². The Labute approximate surface area is 243 Å². The lowest BCUT2D eigenvalue weighted by Gasteiger charge is -2.20. The molecule has 1 heterocycles. The standard InChI is InChI=1S/C36H30F3NO2/c37-29-11-10-24-8-9-26(34(24)21-29)18-32(41)19-28(13-23-14-30(38)20-31(39)15-23)36-33(5-2-12-40-36)25-3-1-4-27(17-25)35(42)16-22-6-7-22/h1-5,9-12,14-15,17,20-22,28H,6-8,13,16,18-19H2/t28-/m1/s1. The van der Waals surface area contributed by atoms with Gasteiger partial charge >= 0.3 is 0 Å². The molecule has 0 bridgehead atoms. The molecular weight excluding hydrogens is 535 g/mol. The summed E-state index contributed by atoms with van der Waals surface area (Å²) in [5.74, 6) is -1.72. The summed E-state index contributed by atoms with van der Waals surface area (Å²) in [6.45, 7) is 0. The van der Waals surface area contributed by atoms with E-state index >= 15 is 0 Å². The number of carbonyl (C=O) groups excluding carboxylic acids is 2. The van der Waals surface area contributed by atoms with Crippen molar-refractivity contribution in [3.63, 3.8) is 0 Å². The van der Waals surface area contributed by atoms with E-state index in [0.717, 1.165) is 46.7 Å². The van der Waals surface area contributed by atoms with Crippen molar-refractivity contribution in [2.24, 2.45) is 5.92 Å². The van der Waals surface area contributed by atoms with Crippen molar-refractivity contribution < 1.29 is 22.8 Å². The molecule has 0 unspecified atom stereocenters. The first-order chi connectivity index (χ1) is 20.3. The monoisotopic (exact) mass is 565 g/mol. The quantitative estimate of drug-likeness (QED) is 0.171. The molecule has 212 valence electrons. The number of hydrogen-bond acceptors (Lipinski definition) is 3. The van der Waals surface area contributed by atoms with Crippen molar-refractivity contribution in [3.8, 4) is 11.1 Å². The fourth-order valence-corrected chi connectivity index (χ4v) is 5.92. The van der Waals surface area contributed by atoms with E-state index in [0.29, 0.717) is 35.6 Å². The van der Waals surface area contributed by atoms with Gasteiger partial charge in [-0.15, -0.1) is 0 Å². The molecule has 0 saturated heterocycles. The maximum atomic E-state index is 14.2. The van der Waals surface area contributed by atoms with Crippen LogP contribution in [0.4, 0.5) is 13.2 Å². The van der Waals surface area contributed by atoms with E-state index in [4.69, 9.17) is 0 Å². The van der Waals surface area contributed by atoms with Crippen molar-refractivity contribution in [3.05, 3.63) is 130 Å². The van der Waals surface area contributed by atoms with Crippen LogP contribution in [0.3, 0.4) is 0 Å². The van der Waals surface area contributed by atoms with Crippen molar-refractivity contribution in [2.75, 3.05) is 0 Å². The Morgan fingerprint density at radius 1 is 0.857 bits per heavy atom. The Morgan fingerprint density at radius 2 is 1.67 bits per heavy atom. The van der Waals surface area contributed by atoms with E-state index in [2.05, 4.69) is 4.98 Å². The highest BCUT2D eigenvalue weighted by atomic mass is 19.1. The molecule has 6 heteroatoms. The average molecular weight is 566 g/mol. The highest BCUT2D eigenvalue weighted by Gasteiger charge is 2.27. The normalized spacial score (nSPS) is 14.8. The zero-order valence-electron chi connectivity index (χ0n) is 23.1. The number of benzene rings is 3. The molecule has 0 spiro atoms. The fraction of sp³-hybridized carbons (Fsp3) is 0.250. The van der Waals surface area contributed by atoms with Crippen molar-refractivity contribution in [1.82, 2.24) is 4.98 Å². The Morgan fingerprint density at radius 3 is 2.45 bits per heavy atom. The molecule has 6 rings (SSSR count). The van der Waals surface area contributed by atoms with Gasteiger partial charge in [-0.3, -0.25) is 14.6 Å². The molecule has 0 amide bonds. The zero-order chi connectivity index (χ0) is 29.2. The highest BCUT2D eigenvalue weighted by Crippen LogP contribution is 2.37. The second kappa shape index (κ2) is 11.9. The zero-order valence-corrected chi connectivity index (χ0v) is 23.1. The Balaban J connectivity index is 1.32. The molecule has 42 heavy (non-hydrogen) atoms. The van der Waals surface area contributed by atoms with Gasteiger partial charge in [0.15, 0.2) is 5.78 Å². The van der Waals surface area contributed by atoms with Crippen molar-refractivity contribution in [1.29, 1.82) is 0 Å². The highest BCUT2D eigenvalue weighted by molar-refractivity contribution is 5.97. The predicted octanol–water partition coefficient (Wildman–Crippen LogP) is 8.46. The molecule has 3 aromatic carbocycles. The molecule has 2 aliphatic carbocycles. The lowest BCUT2D eigenvalue weighted by atomic mass is 9.85. The molecule has 1 atom stereocenters. The second-order valence-electron chi connectivity index (χ2n) is 11.4. The van der Waals surface area contributed by atoms with Gasteiger partial charge in [-0.05, 0) is 95.8 Å². The predicted molar refractivity (Wildman–Crippen MR) is 156 cm³/mol. The summed E-state index contributed by atoms with van der Waals surface area (Å²) in [5.41, 5.74) is 5.75. The van der Waals surface area contributed by atoms with E-state index in [-0.39, 0.29) is 36.6 Å². The largest absolute Gasteiger partial charge is 0.299 e. The van der Waals surface area contributed by atoms with E-state index in [1.165, 1.54) is 24.3 Å². The summed E-state index contributed by atoms with van der Waals surface area (Å²) < 4.78 is 42.3. The van der Waals surface area contributed by atoms with E-state index < -0.39 is 17.6 Å². The summed E-state index contributed by atoms with van der Waals surface area (Å²) in [4.78, 5) is 31.1. The number of carbonyl (C=O) groups is 2. The van der Waals surface area contributed by atoms with Crippen LogP contribution >= 0.6 is 0 Å². The molecule has 4 aromatic rings. The number of Topliss-reactive ketones (excluding diaryl/α,β-unsaturated/α-hetero) is 2. The van der Waals surface area contributed by atoms with Gasteiger partial charge in [-0.2, -0.15) is 0 Å². The molecule has 0 N–H and O–H groups in total. The maximum absolute atomic E-state index is 14.2. The Bertz CT molecular complexity index is 1690. The lowest BCUT2D eigenvalue weighted by Crippen LogP contribution is -2.13. The topological polar surface area (TPSA) is 47.0 Å². The molecular formula is C36H30F3NO2.